The van der Waals surface area contributed by atoms with Gasteiger partial charge >= 0.3 is 60.0 Å². The van der Waals surface area contributed by atoms with Crippen molar-refractivity contribution in [1.29, 1.82) is 0 Å². The van der Waals surface area contributed by atoms with Gasteiger partial charge in [0.1, 0.15) is 0 Å². The molecular formula is C5H9OPb. The Morgan fingerprint density at radius 1 is 1.43 bits per heavy atom. The van der Waals surface area contributed by atoms with E-state index in [1.165, 1.54) is 45.0 Å². The van der Waals surface area contributed by atoms with E-state index < -0.39 is 0 Å². The van der Waals surface area contributed by atoms with E-state index in [-0.39, 0.29) is 0 Å². The van der Waals surface area contributed by atoms with Gasteiger partial charge in [0.25, 0.3) is 0 Å². The summed E-state index contributed by atoms with van der Waals surface area (Å²) < 4.78 is 6.01. The molecule has 0 N–H and O–H groups in total. The standard InChI is InChI=1S/C5H9O.Pb/c1-2-4-6-5-3-1;/h4H,1-3,5H2;. The van der Waals surface area contributed by atoms with Gasteiger partial charge in [0.05, 0.1) is 0 Å². The van der Waals surface area contributed by atoms with Gasteiger partial charge in [-0.2, -0.15) is 0 Å². The predicted molar refractivity (Wildman–Crippen MR) is 29.3 cm³/mol. The first-order valence-electron chi connectivity index (χ1n) is 2.72. The molecule has 1 rings (SSSR count). The SMILES string of the molecule is [Pb][CH]1CCCCO1. The molecule has 1 heterocycles. The van der Waals surface area contributed by atoms with E-state index in [1.807, 2.05) is 0 Å². The Morgan fingerprint density at radius 3 is 2.57 bits per heavy atom. The summed E-state index contributed by atoms with van der Waals surface area (Å²) in [6.07, 6.45) is 4.01. The third-order valence-electron chi connectivity index (χ3n) is 1.18. The van der Waals surface area contributed by atoms with Crippen molar-refractivity contribution in [3.63, 3.8) is 0 Å². The molecule has 1 nitrogen and oxygen atoms in total. The van der Waals surface area contributed by atoms with Crippen LogP contribution in [0.25, 0.3) is 0 Å². The normalized spacial score (nSPS) is 33.0. The number of ether oxygens (including phenoxy) is 1. The minimum absolute atomic E-state index is 0.675. The molecule has 1 aliphatic heterocycles. The van der Waals surface area contributed by atoms with E-state index >= 15 is 0 Å². The first-order chi connectivity index (χ1) is 3.39. The fourth-order valence-electron chi connectivity index (χ4n) is 0.741. The summed E-state index contributed by atoms with van der Waals surface area (Å²) in [4.78, 5) is 0. The molecule has 1 saturated heterocycles. The van der Waals surface area contributed by atoms with Crippen LogP contribution in [0.1, 0.15) is 19.3 Å². The number of rotatable bonds is 0. The fraction of sp³-hybridized carbons (Fsp3) is 1.00. The quantitative estimate of drug-likeness (QED) is 0.597. The van der Waals surface area contributed by atoms with Crippen LogP contribution in [0.5, 0.6) is 0 Å². The zero-order chi connectivity index (χ0) is 5.11. The average Bonchev–Trinajstić information content (AvgIpc) is 1.69. The predicted octanol–water partition coefficient (Wildman–Crippen LogP) is 0.681. The molecule has 1 fully saturated rings. The first-order valence-corrected chi connectivity index (χ1v) is 4.97. The van der Waals surface area contributed by atoms with Gasteiger partial charge in [0, 0.05) is 0 Å². The van der Waals surface area contributed by atoms with Gasteiger partial charge < -0.3 is 0 Å². The van der Waals surface area contributed by atoms with Crippen LogP contribution in [-0.4, -0.2) is 36.0 Å². The van der Waals surface area contributed by atoms with Crippen LogP contribution in [0, 0.1) is 0 Å². The Labute approximate surface area is 60.1 Å². The van der Waals surface area contributed by atoms with Gasteiger partial charge in [-0.3, -0.25) is 0 Å². The van der Waals surface area contributed by atoms with Crippen molar-refractivity contribution in [1.82, 2.24) is 0 Å². The maximum atomic E-state index is 5.34. The summed E-state index contributed by atoms with van der Waals surface area (Å²) in [5.41, 5.74) is 0. The molecule has 1 unspecified atom stereocenters. The molecule has 0 aromatic carbocycles. The second kappa shape index (κ2) is 3.02. The Balaban J connectivity index is 2.12. The number of hydrogen-bond acceptors (Lipinski definition) is 1. The van der Waals surface area contributed by atoms with Crippen molar-refractivity contribution in [2.24, 2.45) is 0 Å². The van der Waals surface area contributed by atoms with Crippen LogP contribution in [-0.2, 0) is 4.74 Å². The van der Waals surface area contributed by atoms with Crippen LogP contribution in [0.4, 0.5) is 0 Å². The van der Waals surface area contributed by atoms with E-state index in [2.05, 4.69) is 0 Å². The van der Waals surface area contributed by atoms with Gasteiger partial charge in [0.15, 0.2) is 0 Å². The molecule has 0 saturated carbocycles. The first kappa shape index (κ1) is 6.01. The molecule has 1 aliphatic rings. The third-order valence-corrected chi connectivity index (χ3v) is 2.95. The molecule has 39 valence electrons. The van der Waals surface area contributed by atoms with Crippen LogP contribution in [0.3, 0.4) is 0 Å². The summed E-state index contributed by atoms with van der Waals surface area (Å²) in [7, 11) is 0. The average molecular weight is 292 g/mol. The summed E-state index contributed by atoms with van der Waals surface area (Å²) >= 11 is 1.23. The van der Waals surface area contributed by atoms with E-state index in [0.29, 0.717) is 3.66 Å². The molecule has 0 aromatic rings. The zero-order valence-electron chi connectivity index (χ0n) is 4.31. The Hall–Kier alpha value is 0.882. The maximum absolute atomic E-state index is 5.34. The van der Waals surface area contributed by atoms with Gasteiger partial charge in [-0.1, -0.05) is 0 Å². The van der Waals surface area contributed by atoms with Crippen molar-refractivity contribution in [3.05, 3.63) is 0 Å². The van der Waals surface area contributed by atoms with Crippen molar-refractivity contribution < 1.29 is 4.74 Å². The Kier molecular flexibility index (Phi) is 2.59. The molecule has 2 heteroatoms. The van der Waals surface area contributed by atoms with Crippen molar-refractivity contribution in [2.75, 3.05) is 6.61 Å². The molecule has 0 bridgehead atoms. The molecule has 0 aliphatic carbocycles. The van der Waals surface area contributed by atoms with Gasteiger partial charge in [-0.25, -0.2) is 0 Å². The molecule has 7 heavy (non-hydrogen) atoms. The summed E-state index contributed by atoms with van der Waals surface area (Å²) in [5.74, 6) is 0. The van der Waals surface area contributed by atoms with E-state index in [1.54, 1.807) is 0 Å². The Bertz CT molecular complexity index is 50.0. The topological polar surface area (TPSA) is 9.23 Å². The Morgan fingerprint density at radius 2 is 2.29 bits per heavy atom. The second-order valence-corrected chi connectivity index (χ2v) is 4.36. The zero-order valence-corrected chi connectivity index (χ0v) is 8.20. The van der Waals surface area contributed by atoms with Gasteiger partial charge in [-0.05, 0) is 0 Å². The minimum atomic E-state index is 0.675. The van der Waals surface area contributed by atoms with E-state index in [4.69, 9.17) is 4.74 Å². The van der Waals surface area contributed by atoms with Crippen molar-refractivity contribution >= 4 is 25.8 Å². The molecule has 0 spiro atoms. The van der Waals surface area contributed by atoms with E-state index in [9.17, 15) is 0 Å². The van der Waals surface area contributed by atoms with Crippen LogP contribution >= 0.6 is 0 Å². The molecule has 3 radical (unpaired) electrons. The van der Waals surface area contributed by atoms with Crippen LogP contribution < -0.4 is 0 Å². The number of hydrogen-bond donors (Lipinski definition) is 0. The van der Waals surface area contributed by atoms with Crippen molar-refractivity contribution in [3.8, 4) is 0 Å². The molecule has 0 amide bonds. The summed E-state index contributed by atoms with van der Waals surface area (Å²) in [5, 5.41) is 0. The summed E-state index contributed by atoms with van der Waals surface area (Å²) in [6, 6.07) is 0. The second-order valence-electron chi connectivity index (χ2n) is 1.86. The third kappa shape index (κ3) is 2.08. The molecule has 1 atom stereocenters. The van der Waals surface area contributed by atoms with Gasteiger partial charge in [-0.15, -0.1) is 0 Å². The summed E-state index contributed by atoms with van der Waals surface area (Å²) in [6.45, 7) is 1.02. The molecular weight excluding hydrogens is 283 g/mol. The fourth-order valence-corrected chi connectivity index (χ4v) is 1.99. The monoisotopic (exact) mass is 293 g/mol. The van der Waals surface area contributed by atoms with Crippen LogP contribution in [0.2, 0.25) is 0 Å². The van der Waals surface area contributed by atoms with Gasteiger partial charge in [0.2, 0.25) is 0 Å². The van der Waals surface area contributed by atoms with Crippen molar-refractivity contribution in [2.45, 2.75) is 22.9 Å². The van der Waals surface area contributed by atoms with E-state index in [0.717, 1.165) is 6.61 Å². The molecule has 0 aromatic heterocycles. The van der Waals surface area contributed by atoms with Crippen LogP contribution in [0.15, 0.2) is 0 Å².